The molecular formula is C42H32Br2N2. The Bertz CT molecular complexity index is 2250. The molecule has 3 aliphatic carbocycles. The second kappa shape index (κ2) is 10.2. The predicted molar refractivity (Wildman–Crippen MR) is 201 cm³/mol. The van der Waals surface area contributed by atoms with Crippen LogP contribution in [-0.4, -0.2) is 10.1 Å². The molecule has 9 rings (SSSR count). The molecule has 0 radical (unpaired) electrons. The van der Waals surface area contributed by atoms with Gasteiger partial charge < -0.3 is 9.47 Å². The molecule has 4 aromatic carbocycles. The van der Waals surface area contributed by atoms with Crippen LogP contribution < -0.4 is 4.90 Å². The lowest BCUT2D eigenvalue weighted by Crippen LogP contribution is -2.45. The van der Waals surface area contributed by atoms with Gasteiger partial charge in [0.25, 0.3) is 0 Å². The molecule has 0 amide bonds. The highest BCUT2D eigenvalue weighted by Gasteiger charge is 2.51. The van der Waals surface area contributed by atoms with E-state index in [1.165, 1.54) is 61.4 Å². The Morgan fingerprint density at radius 1 is 0.761 bits per heavy atom. The van der Waals surface area contributed by atoms with Gasteiger partial charge >= 0.3 is 0 Å². The molecule has 0 spiro atoms. The maximum absolute atomic E-state index is 3.87. The van der Waals surface area contributed by atoms with Crippen molar-refractivity contribution >= 4 is 59.7 Å². The van der Waals surface area contributed by atoms with Crippen LogP contribution in [0.5, 0.6) is 0 Å². The SMILES string of the molecule is CC12C=C(Br)C=CC1C1=C(c3ccccc3-c3c(c4ccc(Br)cc4n3C3(C)C=CC=CC3)-c3ccccc31)N2c1ccccc1. The summed E-state index contributed by atoms with van der Waals surface area (Å²) in [5.41, 5.74) is 12.2. The fourth-order valence-electron chi connectivity index (χ4n) is 8.48. The number of allylic oxidation sites excluding steroid dienone is 6. The lowest BCUT2D eigenvalue weighted by atomic mass is 9.75. The van der Waals surface area contributed by atoms with Gasteiger partial charge in [0.05, 0.1) is 28.0 Å². The highest BCUT2D eigenvalue weighted by Crippen LogP contribution is 2.60. The number of hydrogen-bond acceptors (Lipinski definition) is 1. The van der Waals surface area contributed by atoms with Crippen molar-refractivity contribution in [2.75, 3.05) is 4.90 Å². The fourth-order valence-corrected chi connectivity index (χ4v) is 9.44. The van der Waals surface area contributed by atoms with Gasteiger partial charge in [-0.1, -0.05) is 141 Å². The molecule has 46 heavy (non-hydrogen) atoms. The average molecular weight is 725 g/mol. The van der Waals surface area contributed by atoms with Crippen LogP contribution in [0, 0.1) is 5.92 Å². The van der Waals surface area contributed by atoms with Crippen molar-refractivity contribution in [1.82, 2.24) is 4.57 Å². The number of benzene rings is 4. The smallest absolute Gasteiger partial charge is 0.0723 e. The molecule has 4 aliphatic rings. The van der Waals surface area contributed by atoms with Gasteiger partial charge in [-0.15, -0.1) is 0 Å². The third kappa shape index (κ3) is 3.87. The molecule has 0 N–H and O–H groups in total. The average Bonchev–Trinajstić information content (AvgIpc) is 3.53. The Labute approximate surface area is 287 Å². The van der Waals surface area contributed by atoms with Crippen LogP contribution in [0.2, 0.25) is 0 Å². The van der Waals surface area contributed by atoms with Crippen molar-refractivity contribution in [3.05, 3.63) is 160 Å². The van der Waals surface area contributed by atoms with Crippen molar-refractivity contribution in [2.24, 2.45) is 5.92 Å². The first-order valence-corrected chi connectivity index (χ1v) is 17.5. The van der Waals surface area contributed by atoms with Gasteiger partial charge in [-0.3, -0.25) is 0 Å². The Kier molecular flexibility index (Phi) is 6.23. The van der Waals surface area contributed by atoms with Crippen molar-refractivity contribution in [3.63, 3.8) is 0 Å². The first-order chi connectivity index (χ1) is 22.4. The summed E-state index contributed by atoms with van der Waals surface area (Å²) >= 11 is 7.71. The number of para-hydroxylation sites is 1. The molecule has 1 aliphatic heterocycles. The van der Waals surface area contributed by atoms with Crippen molar-refractivity contribution in [2.45, 2.75) is 31.3 Å². The maximum Gasteiger partial charge on any atom is 0.0723 e. The predicted octanol–water partition coefficient (Wildman–Crippen LogP) is 11.9. The third-order valence-corrected chi connectivity index (χ3v) is 11.4. The van der Waals surface area contributed by atoms with E-state index >= 15 is 0 Å². The van der Waals surface area contributed by atoms with Crippen LogP contribution in [0.1, 0.15) is 31.4 Å². The molecule has 2 heterocycles. The van der Waals surface area contributed by atoms with E-state index in [-0.39, 0.29) is 17.0 Å². The van der Waals surface area contributed by atoms with E-state index in [2.05, 4.69) is 195 Å². The molecule has 3 atom stereocenters. The van der Waals surface area contributed by atoms with Gasteiger partial charge in [-0.25, -0.2) is 0 Å². The van der Waals surface area contributed by atoms with Gasteiger partial charge in [0.1, 0.15) is 0 Å². The van der Waals surface area contributed by atoms with Crippen LogP contribution in [0.4, 0.5) is 5.69 Å². The number of rotatable bonds is 2. The van der Waals surface area contributed by atoms with Crippen molar-refractivity contribution in [1.29, 1.82) is 0 Å². The summed E-state index contributed by atoms with van der Waals surface area (Å²) in [5, 5.41) is 1.27. The molecule has 2 nitrogen and oxygen atoms in total. The zero-order valence-corrected chi connectivity index (χ0v) is 28.9. The Hall–Kier alpha value is -4.12. The fraction of sp³-hybridized carbons (Fsp3) is 0.143. The molecule has 3 unspecified atom stereocenters. The molecule has 5 aromatic rings. The van der Waals surface area contributed by atoms with E-state index < -0.39 is 0 Å². The molecule has 4 heteroatoms. The summed E-state index contributed by atoms with van der Waals surface area (Å²) in [6.07, 6.45) is 17.0. The summed E-state index contributed by atoms with van der Waals surface area (Å²) in [4.78, 5) is 2.60. The Morgan fingerprint density at radius 2 is 1.48 bits per heavy atom. The monoisotopic (exact) mass is 722 g/mol. The first-order valence-electron chi connectivity index (χ1n) is 15.9. The molecule has 0 fully saturated rings. The van der Waals surface area contributed by atoms with Crippen LogP contribution >= 0.6 is 31.9 Å². The number of anilines is 1. The zero-order chi connectivity index (χ0) is 31.2. The minimum absolute atomic E-state index is 0.145. The molecule has 0 saturated heterocycles. The van der Waals surface area contributed by atoms with E-state index in [1.807, 2.05) is 0 Å². The number of aromatic nitrogens is 1. The molecular weight excluding hydrogens is 692 g/mol. The summed E-state index contributed by atoms with van der Waals surface area (Å²) in [7, 11) is 0. The largest absolute Gasteiger partial charge is 0.330 e. The lowest BCUT2D eigenvalue weighted by Gasteiger charge is -2.41. The number of nitrogens with zero attached hydrogens (tertiary/aromatic N) is 2. The van der Waals surface area contributed by atoms with E-state index in [0.717, 1.165) is 15.4 Å². The number of hydrogen-bond donors (Lipinski definition) is 0. The Balaban J connectivity index is 1.48. The van der Waals surface area contributed by atoms with Gasteiger partial charge in [0.2, 0.25) is 0 Å². The van der Waals surface area contributed by atoms with E-state index in [4.69, 9.17) is 0 Å². The number of fused-ring (bicyclic) bond motifs is 11. The van der Waals surface area contributed by atoms with Crippen LogP contribution in [0.3, 0.4) is 0 Å². The first kappa shape index (κ1) is 28.1. The van der Waals surface area contributed by atoms with E-state index in [9.17, 15) is 0 Å². The van der Waals surface area contributed by atoms with Crippen molar-refractivity contribution in [3.8, 4) is 22.4 Å². The maximum atomic E-state index is 3.87. The van der Waals surface area contributed by atoms with E-state index in [1.54, 1.807) is 0 Å². The van der Waals surface area contributed by atoms with E-state index in [0.29, 0.717) is 0 Å². The lowest BCUT2D eigenvalue weighted by molar-refractivity contribution is 0.429. The van der Waals surface area contributed by atoms with Gasteiger partial charge in [0, 0.05) is 42.6 Å². The number of halogens is 2. The van der Waals surface area contributed by atoms with Gasteiger partial charge in [0.15, 0.2) is 0 Å². The summed E-state index contributed by atoms with van der Waals surface area (Å²) in [6, 6.07) is 36.0. The highest BCUT2D eigenvalue weighted by molar-refractivity contribution is 9.12. The standard InChI is InChI=1S/C42H32Br2N2/c1-41(23-11-4-12-24-41)46-36-25-27(43)19-21-34(36)37-30-15-7-8-16-31(30)38-35-22-20-28(44)26-42(35,2)45(29-13-5-3-6-14-29)40(38)33-18-10-9-17-32(33)39(37)46/h3-23,25-26,35H,24H2,1-2H3. The van der Waals surface area contributed by atoms with Crippen LogP contribution in [-0.2, 0) is 5.54 Å². The molecule has 0 saturated carbocycles. The van der Waals surface area contributed by atoms with Gasteiger partial charge in [-0.2, -0.15) is 0 Å². The second-order valence-electron chi connectivity index (χ2n) is 13.2. The topological polar surface area (TPSA) is 8.17 Å². The minimum Gasteiger partial charge on any atom is -0.330 e. The van der Waals surface area contributed by atoms with Crippen LogP contribution in [0.25, 0.3) is 44.6 Å². The zero-order valence-electron chi connectivity index (χ0n) is 25.7. The molecule has 1 aromatic heterocycles. The summed E-state index contributed by atoms with van der Waals surface area (Å²) < 4.78 is 4.82. The summed E-state index contributed by atoms with van der Waals surface area (Å²) in [6.45, 7) is 4.77. The Morgan fingerprint density at radius 3 is 2.24 bits per heavy atom. The highest BCUT2D eigenvalue weighted by atomic mass is 79.9. The van der Waals surface area contributed by atoms with Crippen LogP contribution in [0.15, 0.2) is 149 Å². The minimum atomic E-state index is -0.319. The molecule has 0 bridgehead atoms. The second-order valence-corrected chi connectivity index (χ2v) is 15.0. The van der Waals surface area contributed by atoms with Gasteiger partial charge in [-0.05, 0) is 67.3 Å². The third-order valence-electron chi connectivity index (χ3n) is 10.4. The van der Waals surface area contributed by atoms with Crippen molar-refractivity contribution < 1.29 is 0 Å². The normalized spacial score (nSPS) is 24.1. The summed E-state index contributed by atoms with van der Waals surface area (Å²) in [5.74, 6) is 0.145. The molecule has 224 valence electrons. The quantitative estimate of drug-likeness (QED) is 0.176.